The van der Waals surface area contributed by atoms with Crippen LogP contribution in [0.5, 0.6) is 0 Å². The minimum atomic E-state index is 0.596. The van der Waals surface area contributed by atoms with Gasteiger partial charge in [0.05, 0.1) is 6.07 Å². The molecule has 0 spiro atoms. The monoisotopic (exact) mass is 311 g/mol. The minimum absolute atomic E-state index is 0.596. The molecule has 21 heavy (non-hydrogen) atoms. The zero-order valence-electron chi connectivity index (χ0n) is 12.0. The summed E-state index contributed by atoms with van der Waals surface area (Å²) in [6.45, 7) is 0. The van der Waals surface area contributed by atoms with Crippen LogP contribution in [0.4, 0.5) is 0 Å². The maximum Gasteiger partial charge on any atom is 0.0630 e. The van der Waals surface area contributed by atoms with Gasteiger partial charge in [0.2, 0.25) is 0 Å². The summed E-state index contributed by atoms with van der Waals surface area (Å²) in [4.78, 5) is 2.50. The third-order valence-electron chi connectivity index (χ3n) is 2.95. The van der Waals surface area contributed by atoms with Crippen LogP contribution in [0.3, 0.4) is 0 Å². The largest absolute Gasteiger partial charge is 0.198 e. The maximum atomic E-state index is 8.53. The van der Waals surface area contributed by atoms with Gasteiger partial charge in [-0.15, -0.1) is 23.5 Å². The van der Waals surface area contributed by atoms with E-state index < -0.39 is 0 Å². The lowest BCUT2D eigenvalue weighted by molar-refractivity contribution is 1.23. The highest BCUT2D eigenvalue weighted by atomic mass is 32.2. The van der Waals surface area contributed by atoms with Gasteiger partial charge in [-0.05, 0) is 41.6 Å². The van der Waals surface area contributed by atoms with Gasteiger partial charge < -0.3 is 0 Å². The molecule has 2 aromatic carbocycles. The van der Waals surface area contributed by atoms with Crippen LogP contribution in [0.2, 0.25) is 0 Å². The molecule has 0 aliphatic rings. The highest BCUT2D eigenvalue weighted by Gasteiger charge is 1.94. The standard InChI is InChI=1S/C18H17NS2/c1-20-17-9-5-15(6-10-17)3-4-16-7-11-18(12-8-16)21-14-2-13-19/h3-12H,2,14H2,1H3. The predicted octanol–water partition coefficient (Wildman–Crippen LogP) is 5.58. The van der Waals surface area contributed by atoms with Gasteiger partial charge in [-0.2, -0.15) is 5.26 Å². The van der Waals surface area contributed by atoms with Crippen LogP contribution < -0.4 is 0 Å². The number of rotatable bonds is 6. The van der Waals surface area contributed by atoms with Crippen molar-refractivity contribution in [1.29, 1.82) is 5.26 Å². The van der Waals surface area contributed by atoms with E-state index in [9.17, 15) is 0 Å². The van der Waals surface area contributed by atoms with Crippen molar-refractivity contribution >= 4 is 35.7 Å². The van der Waals surface area contributed by atoms with Crippen molar-refractivity contribution in [2.24, 2.45) is 0 Å². The lowest BCUT2D eigenvalue weighted by Gasteiger charge is -2.00. The van der Waals surface area contributed by atoms with Crippen LogP contribution in [0, 0.1) is 11.3 Å². The Kier molecular flexibility index (Phi) is 6.46. The summed E-state index contributed by atoms with van der Waals surface area (Å²) in [6.07, 6.45) is 6.93. The van der Waals surface area contributed by atoms with Crippen molar-refractivity contribution in [2.75, 3.05) is 12.0 Å². The van der Waals surface area contributed by atoms with Crippen LogP contribution in [0.1, 0.15) is 17.5 Å². The van der Waals surface area contributed by atoms with Gasteiger partial charge in [-0.25, -0.2) is 0 Å². The van der Waals surface area contributed by atoms with Gasteiger partial charge in [0.1, 0.15) is 0 Å². The topological polar surface area (TPSA) is 23.8 Å². The minimum Gasteiger partial charge on any atom is -0.198 e. The van der Waals surface area contributed by atoms with Gasteiger partial charge in [0, 0.05) is 22.0 Å². The summed E-state index contributed by atoms with van der Waals surface area (Å²) >= 11 is 3.48. The van der Waals surface area contributed by atoms with E-state index in [2.05, 4.69) is 73.0 Å². The zero-order valence-corrected chi connectivity index (χ0v) is 13.6. The number of hydrogen-bond acceptors (Lipinski definition) is 3. The summed E-state index contributed by atoms with van der Waals surface area (Å²) < 4.78 is 0. The van der Waals surface area contributed by atoms with Crippen molar-refractivity contribution in [2.45, 2.75) is 16.2 Å². The first-order chi connectivity index (χ1) is 10.3. The molecule has 106 valence electrons. The molecule has 0 amide bonds. The summed E-state index contributed by atoms with van der Waals surface area (Å²) in [5, 5.41) is 8.53. The van der Waals surface area contributed by atoms with E-state index in [0.29, 0.717) is 6.42 Å². The highest BCUT2D eigenvalue weighted by molar-refractivity contribution is 7.99. The Hall–Kier alpha value is -1.63. The number of nitrogens with zero attached hydrogens (tertiary/aromatic N) is 1. The van der Waals surface area contributed by atoms with E-state index in [0.717, 1.165) is 5.75 Å². The molecule has 0 radical (unpaired) electrons. The van der Waals surface area contributed by atoms with Gasteiger partial charge in [0.25, 0.3) is 0 Å². The van der Waals surface area contributed by atoms with Gasteiger partial charge in [-0.3, -0.25) is 0 Å². The normalized spacial score (nSPS) is 10.7. The molecular weight excluding hydrogens is 294 g/mol. The molecular formula is C18H17NS2. The van der Waals surface area contributed by atoms with Crippen molar-refractivity contribution in [1.82, 2.24) is 0 Å². The van der Waals surface area contributed by atoms with E-state index in [1.807, 2.05) is 0 Å². The average molecular weight is 311 g/mol. The Morgan fingerprint density at radius 3 is 1.90 bits per heavy atom. The van der Waals surface area contributed by atoms with E-state index >= 15 is 0 Å². The van der Waals surface area contributed by atoms with Crippen LogP contribution >= 0.6 is 23.5 Å². The fourth-order valence-electron chi connectivity index (χ4n) is 1.80. The Balaban J connectivity index is 1.95. The number of nitriles is 1. The van der Waals surface area contributed by atoms with Crippen molar-refractivity contribution in [3.8, 4) is 6.07 Å². The first-order valence-corrected chi connectivity index (χ1v) is 8.95. The van der Waals surface area contributed by atoms with Crippen LogP contribution in [-0.2, 0) is 0 Å². The van der Waals surface area contributed by atoms with E-state index in [1.54, 1.807) is 23.5 Å². The predicted molar refractivity (Wildman–Crippen MR) is 94.5 cm³/mol. The van der Waals surface area contributed by atoms with E-state index in [-0.39, 0.29) is 0 Å². The molecule has 2 aromatic rings. The smallest absolute Gasteiger partial charge is 0.0630 e. The fourth-order valence-corrected chi connectivity index (χ4v) is 2.96. The third kappa shape index (κ3) is 5.34. The van der Waals surface area contributed by atoms with E-state index in [1.165, 1.54) is 20.9 Å². The number of thioether (sulfide) groups is 2. The molecule has 0 fully saturated rings. The molecule has 0 aromatic heterocycles. The molecule has 3 heteroatoms. The second kappa shape index (κ2) is 8.61. The van der Waals surface area contributed by atoms with Crippen molar-refractivity contribution in [3.63, 3.8) is 0 Å². The molecule has 0 unspecified atom stereocenters. The molecule has 0 saturated carbocycles. The zero-order chi connectivity index (χ0) is 14.9. The van der Waals surface area contributed by atoms with Crippen LogP contribution in [0.15, 0.2) is 58.3 Å². The fraction of sp³-hybridized carbons (Fsp3) is 0.167. The second-order valence-corrected chi connectivity index (χ2v) is 6.48. The van der Waals surface area contributed by atoms with Gasteiger partial charge >= 0.3 is 0 Å². The summed E-state index contributed by atoms with van der Waals surface area (Å²) in [7, 11) is 0. The molecule has 0 atom stereocenters. The van der Waals surface area contributed by atoms with Crippen LogP contribution in [-0.4, -0.2) is 12.0 Å². The van der Waals surface area contributed by atoms with E-state index in [4.69, 9.17) is 5.26 Å². The number of hydrogen-bond donors (Lipinski definition) is 0. The first-order valence-electron chi connectivity index (χ1n) is 6.74. The van der Waals surface area contributed by atoms with Gasteiger partial charge in [-0.1, -0.05) is 36.4 Å². The average Bonchev–Trinajstić information content (AvgIpc) is 2.55. The van der Waals surface area contributed by atoms with Crippen molar-refractivity contribution in [3.05, 3.63) is 59.7 Å². The molecule has 0 aliphatic carbocycles. The summed E-state index contributed by atoms with van der Waals surface area (Å²) in [5.41, 5.74) is 2.40. The summed E-state index contributed by atoms with van der Waals surface area (Å²) in [6, 6.07) is 19.1. The summed E-state index contributed by atoms with van der Waals surface area (Å²) in [5.74, 6) is 0.855. The lowest BCUT2D eigenvalue weighted by atomic mass is 10.1. The molecule has 2 rings (SSSR count). The molecule has 1 nitrogen and oxygen atoms in total. The maximum absolute atomic E-state index is 8.53. The molecule has 0 aliphatic heterocycles. The molecule has 0 heterocycles. The Bertz CT molecular complexity index is 622. The first kappa shape index (κ1) is 15.8. The Morgan fingerprint density at radius 2 is 1.43 bits per heavy atom. The molecule has 0 bridgehead atoms. The second-order valence-electron chi connectivity index (χ2n) is 4.43. The molecule has 0 saturated heterocycles. The Labute approximate surface area is 135 Å². The van der Waals surface area contributed by atoms with Gasteiger partial charge in [0.15, 0.2) is 0 Å². The van der Waals surface area contributed by atoms with Crippen LogP contribution in [0.25, 0.3) is 12.2 Å². The SMILES string of the molecule is CSc1ccc(C=Cc2ccc(SCCC#N)cc2)cc1. The van der Waals surface area contributed by atoms with Crippen molar-refractivity contribution < 1.29 is 0 Å². The molecule has 0 N–H and O–H groups in total. The quantitative estimate of drug-likeness (QED) is 0.395. The number of benzene rings is 2. The lowest BCUT2D eigenvalue weighted by Crippen LogP contribution is -1.78. The highest BCUT2D eigenvalue weighted by Crippen LogP contribution is 2.20. The third-order valence-corrected chi connectivity index (χ3v) is 4.70. The Morgan fingerprint density at radius 1 is 0.905 bits per heavy atom.